The molecular formula is C19H20FN5OS2. The van der Waals surface area contributed by atoms with Crippen molar-refractivity contribution in [2.45, 2.75) is 17.0 Å². The second-order valence-corrected chi connectivity index (χ2v) is 8.10. The van der Waals surface area contributed by atoms with Gasteiger partial charge in [-0.1, -0.05) is 41.6 Å². The molecule has 3 aromatic rings. The fourth-order valence-corrected chi connectivity index (χ4v) is 3.83. The number of nitrogens with zero attached hydrogens (tertiary/aromatic N) is 3. The number of carbonyl (C=O) groups excluding carboxylic acids is 1. The first kappa shape index (κ1) is 20.2. The Hall–Kier alpha value is -2.52. The third-order valence-electron chi connectivity index (χ3n) is 3.79. The maximum atomic E-state index is 13.4. The molecule has 3 rings (SSSR count). The normalized spacial score (nSPS) is 10.8. The fourth-order valence-electron chi connectivity index (χ4n) is 2.37. The molecule has 6 nitrogen and oxygen atoms in total. The quantitative estimate of drug-likeness (QED) is 0.333. The van der Waals surface area contributed by atoms with Crippen LogP contribution in [0.25, 0.3) is 11.4 Å². The van der Waals surface area contributed by atoms with Crippen LogP contribution in [0.15, 0.2) is 58.6 Å². The van der Waals surface area contributed by atoms with E-state index in [1.54, 1.807) is 23.9 Å². The lowest BCUT2D eigenvalue weighted by Gasteiger charge is -2.06. The van der Waals surface area contributed by atoms with Gasteiger partial charge in [-0.2, -0.15) is 0 Å². The first-order chi connectivity index (χ1) is 13.5. The van der Waals surface area contributed by atoms with Crippen molar-refractivity contribution in [3.8, 4) is 11.4 Å². The summed E-state index contributed by atoms with van der Waals surface area (Å²) in [4.78, 5) is 13.2. The molecule has 0 fully saturated rings. The third kappa shape index (κ3) is 5.49. The molecule has 0 aliphatic rings. The van der Waals surface area contributed by atoms with Crippen LogP contribution in [0.2, 0.25) is 0 Å². The molecule has 0 atom stereocenters. The zero-order valence-electron chi connectivity index (χ0n) is 15.3. The Balaban J connectivity index is 1.44. The number of carbonyl (C=O) groups is 1. The molecule has 0 aliphatic heterocycles. The Morgan fingerprint density at radius 1 is 1.18 bits per heavy atom. The lowest BCUT2D eigenvalue weighted by atomic mass is 10.2. The number of aryl methyl sites for hydroxylation is 1. The Morgan fingerprint density at radius 3 is 2.71 bits per heavy atom. The Morgan fingerprint density at radius 2 is 1.96 bits per heavy atom. The van der Waals surface area contributed by atoms with Crippen LogP contribution in [0.4, 0.5) is 4.39 Å². The average Bonchev–Trinajstić information content (AvgIpc) is 3.05. The van der Waals surface area contributed by atoms with Crippen molar-refractivity contribution in [3.05, 3.63) is 59.9 Å². The topological polar surface area (TPSA) is 85.8 Å². The summed E-state index contributed by atoms with van der Waals surface area (Å²) in [5.74, 6) is 6.80. The van der Waals surface area contributed by atoms with Crippen LogP contribution in [0.1, 0.15) is 5.56 Å². The van der Waals surface area contributed by atoms with Crippen molar-refractivity contribution in [2.75, 3.05) is 23.9 Å². The molecule has 3 N–H and O–H groups in total. The average molecular weight is 418 g/mol. The summed E-state index contributed by atoms with van der Waals surface area (Å²) in [6, 6.07) is 14.2. The molecule has 0 spiro atoms. The van der Waals surface area contributed by atoms with E-state index in [0.29, 0.717) is 23.1 Å². The summed E-state index contributed by atoms with van der Waals surface area (Å²) in [6.07, 6.45) is 0. The molecule has 0 unspecified atom stereocenters. The van der Waals surface area contributed by atoms with E-state index >= 15 is 0 Å². The number of nitrogen functional groups attached to an aromatic ring is 1. The molecule has 9 heteroatoms. The summed E-state index contributed by atoms with van der Waals surface area (Å²) in [7, 11) is 0. The number of benzene rings is 2. The summed E-state index contributed by atoms with van der Waals surface area (Å²) in [6.45, 7) is 2.62. The van der Waals surface area contributed by atoms with Crippen molar-refractivity contribution in [1.29, 1.82) is 0 Å². The van der Waals surface area contributed by atoms with Gasteiger partial charge in [0.2, 0.25) is 11.1 Å². The van der Waals surface area contributed by atoms with Crippen molar-refractivity contribution < 1.29 is 9.18 Å². The molecular weight excluding hydrogens is 397 g/mol. The SMILES string of the molecule is Cc1ccc(SCCNC(=O)CSc2nnc(-c3cccc(F)c3)n2N)cc1. The molecule has 146 valence electrons. The van der Waals surface area contributed by atoms with Gasteiger partial charge in [0, 0.05) is 22.8 Å². The van der Waals surface area contributed by atoms with E-state index in [1.165, 1.54) is 39.0 Å². The number of hydrogen-bond donors (Lipinski definition) is 2. The highest BCUT2D eigenvalue weighted by Crippen LogP contribution is 2.22. The van der Waals surface area contributed by atoms with Crippen LogP contribution < -0.4 is 11.2 Å². The maximum Gasteiger partial charge on any atom is 0.230 e. The molecule has 0 bridgehead atoms. The van der Waals surface area contributed by atoms with Crippen LogP contribution in [0.5, 0.6) is 0 Å². The molecule has 1 amide bonds. The van der Waals surface area contributed by atoms with E-state index in [9.17, 15) is 9.18 Å². The number of aromatic nitrogens is 3. The predicted molar refractivity (Wildman–Crippen MR) is 111 cm³/mol. The smallest absolute Gasteiger partial charge is 0.230 e. The molecule has 1 aromatic heterocycles. The van der Waals surface area contributed by atoms with Gasteiger partial charge in [-0.25, -0.2) is 9.07 Å². The molecule has 0 radical (unpaired) electrons. The van der Waals surface area contributed by atoms with E-state index in [4.69, 9.17) is 5.84 Å². The van der Waals surface area contributed by atoms with Gasteiger partial charge in [-0.05, 0) is 31.2 Å². The third-order valence-corrected chi connectivity index (χ3v) is 5.75. The van der Waals surface area contributed by atoms with E-state index in [0.717, 1.165) is 5.75 Å². The maximum absolute atomic E-state index is 13.4. The second-order valence-electron chi connectivity index (χ2n) is 5.99. The lowest BCUT2D eigenvalue weighted by molar-refractivity contribution is -0.118. The first-order valence-electron chi connectivity index (χ1n) is 8.58. The first-order valence-corrected chi connectivity index (χ1v) is 10.6. The van der Waals surface area contributed by atoms with Crippen molar-refractivity contribution in [1.82, 2.24) is 20.2 Å². The molecule has 0 saturated carbocycles. The van der Waals surface area contributed by atoms with Crippen molar-refractivity contribution in [2.24, 2.45) is 0 Å². The highest BCUT2D eigenvalue weighted by atomic mass is 32.2. The van der Waals surface area contributed by atoms with Crippen LogP contribution in [-0.2, 0) is 4.79 Å². The Labute approximate surface area is 171 Å². The number of amides is 1. The standard InChI is InChI=1S/C19H20FN5OS2/c1-13-5-7-16(8-6-13)27-10-9-22-17(26)12-28-19-24-23-18(25(19)21)14-3-2-4-15(20)11-14/h2-8,11H,9-10,12,21H2,1H3,(H,22,26). The fraction of sp³-hybridized carbons (Fsp3) is 0.211. The molecule has 2 aromatic carbocycles. The van der Waals surface area contributed by atoms with Gasteiger partial charge in [-0.3, -0.25) is 4.79 Å². The van der Waals surface area contributed by atoms with Gasteiger partial charge in [-0.15, -0.1) is 22.0 Å². The zero-order chi connectivity index (χ0) is 19.9. The van der Waals surface area contributed by atoms with Crippen molar-refractivity contribution in [3.63, 3.8) is 0 Å². The number of hydrogen-bond acceptors (Lipinski definition) is 6. The lowest BCUT2D eigenvalue weighted by Crippen LogP contribution is -2.27. The van der Waals surface area contributed by atoms with Crippen LogP contribution >= 0.6 is 23.5 Å². The summed E-state index contributed by atoms with van der Waals surface area (Å²) >= 11 is 2.87. The monoisotopic (exact) mass is 417 g/mol. The summed E-state index contributed by atoms with van der Waals surface area (Å²) in [5, 5.41) is 11.2. The highest BCUT2D eigenvalue weighted by molar-refractivity contribution is 7.99. The van der Waals surface area contributed by atoms with E-state index < -0.39 is 0 Å². The minimum absolute atomic E-state index is 0.107. The second kappa shape index (κ2) is 9.61. The van der Waals surface area contributed by atoms with E-state index in [1.807, 2.05) is 0 Å². The van der Waals surface area contributed by atoms with E-state index in [2.05, 4.69) is 46.7 Å². The van der Waals surface area contributed by atoms with Gasteiger partial charge in [0.05, 0.1) is 5.75 Å². The zero-order valence-corrected chi connectivity index (χ0v) is 16.9. The number of halogens is 1. The van der Waals surface area contributed by atoms with Gasteiger partial charge in [0.1, 0.15) is 5.82 Å². The highest BCUT2D eigenvalue weighted by Gasteiger charge is 2.14. The van der Waals surface area contributed by atoms with Gasteiger partial charge < -0.3 is 11.2 Å². The minimum atomic E-state index is -0.377. The van der Waals surface area contributed by atoms with Gasteiger partial charge in [0.15, 0.2) is 5.82 Å². The number of thioether (sulfide) groups is 2. The molecule has 1 heterocycles. The number of nitrogens with one attached hydrogen (secondary N) is 1. The molecule has 28 heavy (non-hydrogen) atoms. The minimum Gasteiger partial charge on any atom is -0.355 e. The van der Waals surface area contributed by atoms with Crippen LogP contribution in [-0.4, -0.2) is 38.8 Å². The Kier molecular flexibility index (Phi) is 6.94. The summed E-state index contributed by atoms with van der Waals surface area (Å²) in [5.41, 5.74) is 1.75. The summed E-state index contributed by atoms with van der Waals surface area (Å²) < 4.78 is 14.6. The van der Waals surface area contributed by atoms with Gasteiger partial charge >= 0.3 is 0 Å². The number of rotatable bonds is 8. The Bertz CT molecular complexity index is 946. The van der Waals surface area contributed by atoms with Crippen LogP contribution in [0, 0.1) is 12.7 Å². The van der Waals surface area contributed by atoms with Gasteiger partial charge in [0.25, 0.3) is 0 Å². The number of nitrogens with two attached hydrogens (primary N) is 1. The molecule has 0 aliphatic carbocycles. The van der Waals surface area contributed by atoms with Crippen molar-refractivity contribution >= 4 is 29.4 Å². The predicted octanol–water partition coefficient (Wildman–Crippen LogP) is 3.11. The molecule has 0 saturated heterocycles. The largest absolute Gasteiger partial charge is 0.355 e. The van der Waals surface area contributed by atoms with E-state index in [-0.39, 0.29) is 17.5 Å². The van der Waals surface area contributed by atoms with Crippen LogP contribution in [0.3, 0.4) is 0 Å².